The number of hydrogen-bond acceptors (Lipinski definition) is 3. The van der Waals surface area contributed by atoms with Gasteiger partial charge in [0.1, 0.15) is 5.78 Å². The molecule has 0 atom stereocenters. The third-order valence-electron chi connectivity index (χ3n) is 2.34. The van der Waals surface area contributed by atoms with Crippen molar-refractivity contribution < 1.29 is 9.53 Å². The van der Waals surface area contributed by atoms with Crippen molar-refractivity contribution in [1.82, 2.24) is 9.78 Å². The molecule has 1 aromatic rings. The minimum absolute atomic E-state index is 0.176. The summed E-state index contributed by atoms with van der Waals surface area (Å²) in [6.45, 7) is 3.82. The number of carbonyl (C=O) groups is 1. The molecule has 0 N–H and O–H groups in total. The van der Waals surface area contributed by atoms with E-state index in [9.17, 15) is 4.79 Å². The average Bonchev–Trinajstić information content (AvgIpc) is 2.50. The molecule has 0 saturated heterocycles. The second kappa shape index (κ2) is 4.57. The van der Waals surface area contributed by atoms with Crippen LogP contribution in [0.2, 0.25) is 0 Å². The molecule has 0 spiro atoms. The van der Waals surface area contributed by atoms with Gasteiger partial charge in [0.05, 0.1) is 11.8 Å². The van der Waals surface area contributed by atoms with Gasteiger partial charge in [-0.05, 0) is 19.4 Å². The van der Waals surface area contributed by atoms with Crippen LogP contribution in [0.4, 0.5) is 0 Å². The molecule has 15 heavy (non-hydrogen) atoms. The lowest BCUT2D eigenvalue weighted by molar-refractivity contribution is -0.123. The SMILES string of the molecule is COC(C)(C)CC(=O)Cc1cnn(C)c1. The number of aromatic nitrogens is 2. The van der Waals surface area contributed by atoms with Crippen molar-refractivity contribution in [2.75, 3.05) is 7.11 Å². The van der Waals surface area contributed by atoms with Crippen LogP contribution in [-0.4, -0.2) is 28.3 Å². The molecule has 0 aliphatic carbocycles. The lowest BCUT2D eigenvalue weighted by Gasteiger charge is -2.21. The quantitative estimate of drug-likeness (QED) is 0.736. The Morgan fingerprint density at radius 2 is 2.27 bits per heavy atom. The Morgan fingerprint density at radius 1 is 1.60 bits per heavy atom. The molecule has 1 heterocycles. The summed E-state index contributed by atoms with van der Waals surface area (Å²) < 4.78 is 6.91. The standard InChI is InChI=1S/C11H18N2O2/c1-11(2,15-4)6-10(14)5-9-7-12-13(3)8-9/h7-8H,5-6H2,1-4H3. The summed E-state index contributed by atoms with van der Waals surface area (Å²) >= 11 is 0. The van der Waals surface area contributed by atoms with Crippen LogP contribution in [0.3, 0.4) is 0 Å². The molecule has 84 valence electrons. The summed E-state index contributed by atoms with van der Waals surface area (Å²) in [6.07, 6.45) is 4.44. The zero-order valence-corrected chi connectivity index (χ0v) is 9.78. The van der Waals surface area contributed by atoms with E-state index in [-0.39, 0.29) is 11.4 Å². The predicted molar refractivity (Wildman–Crippen MR) is 57.6 cm³/mol. The third kappa shape index (κ3) is 3.83. The molecule has 0 radical (unpaired) electrons. The molecule has 0 bridgehead atoms. The van der Waals surface area contributed by atoms with Crippen molar-refractivity contribution in [3.05, 3.63) is 18.0 Å². The van der Waals surface area contributed by atoms with Gasteiger partial charge in [-0.25, -0.2) is 0 Å². The largest absolute Gasteiger partial charge is 0.378 e. The van der Waals surface area contributed by atoms with Crippen molar-refractivity contribution in [2.45, 2.75) is 32.3 Å². The van der Waals surface area contributed by atoms with Gasteiger partial charge in [0.2, 0.25) is 0 Å². The van der Waals surface area contributed by atoms with Crippen LogP contribution >= 0.6 is 0 Å². The molecule has 1 rings (SSSR count). The number of nitrogens with zero attached hydrogens (tertiary/aromatic N) is 2. The number of ketones is 1. The van der Waals surface area contributed by atoms with E-state index in [0.717, 1.165) is 5.56 Å². The maximum Gasteiger partial charge on any atom is 0.140 e. The summed E-state index contributed by atoms with van der Waals surface area (Å²) in [5.41, 5.74) is 0.577. The van der Waals surface area contributed by atoms with Crippen LogP contribution < -0.4 is 0 Å². The van der Waals surface area contributed by atoms with Crippen molar-refractivity contribution in [2.24, 2.45) is 7.05 Å². The minimum Gasteiger partial charge on any atom is -0.378 e. The Bertz CT molecular complexity index is 342. The monoisotopic (exact) mass is 210 g/mol. The molecule has 4 heteroatoms. The number of hydrogen-bond donors (Lipinski definition) is 0. The van der Waals surface area contributed by atoms with Crippen molar-refractivity contribution in [1.29, 1.82) is 0 Å². The van der Waals surface area contributed by atoms with Gasteiger partial charge in [0.15, 0.2) is 0 Å². The fraction of sp³-hybridized carbons (Fsp3) is 0.636. The zero-order valence-electron chi connectivity index (χ0n) is 9.78. The minimum atomic E-state index is -0.376. The Balaban J connectivity index is 2.50. The first-order valence-corrected chi connectivity index (χ1v) is 4.97. The number of rotatable bonds is 5. The Morgan fingerprint density at radius 3 is 2.73 bits per heavy atom. The molecule has 0 amide bonds. The number of ether oxygens (including phenoxy) is 1. The van der Waals surface area contributed by atoms with Gasteiger partial charge in [-0.15, -0.1) is 0 Å². The lowest BCUT2D eigenvalue weighted by atomic mass is 9.98. The summed E-state index contributed by atoms with van der Waals surface area (Å²) in [5.74, 6) is 0.176. The Hall–Kier alpha value is -1.16. The van der Waals surface area contributed by atoms with Gasteiger partial charge >= 0.3 is 0 Å². The highest BCUT2D eigenvalue weighted by Gasteiger charge is 2.21. The predicted octanol–water partition coefficient (Wildman–Crippen LogP) is 1.35. The van der Waals surface area contributed by atoms with Crippen molar-refractivity contribution in [3.8, 4) is 0 Å². The summed E-state index contributed by atoms with van der Waals surface area (Å²) in [7, 11) is 3.46. The number of Topliss-reactive ketones (excluding diaryl/α,β-unsaturated/α-hetero) is 1. The molecule has 0 fully saturated rings. The number of methoxy groups -OCH3 is 1. The zero-order chi connectivity index (χ0) is 11.5. The van der Waals surface area contributed by atoms with Crippen LogP contribution in [0.15, 0.2) is 12.4 Å². The van der Waals surface area contributed by atoms with Gasteiger partial charge < -0.3 is 4.74 Å². The van der Waals surface area contributed by atoms with Crippen LogP contribution in [-0.2, 0) is 23.0 Å². The fourth-order valence-electron chi connectivity index (χ4n) is 1.40. The van der Waals surface area contributed by atoms with Gasteiger partial charge in [0, 0.05) is 33.2 Å². The van der Waals surface area contributed by atoms with E-state index in [4.69, 9.17) is 4.74 Å². The van der Waals surface area contributed by atoms with Gasteiger partial charge in [-0.1, -0.05) is 0 Å². The normalized spacial score (nSPS) is 11.7. The first kappa shape index (κ1) is 11.9. The number of carbonyl (C=O) groups excluding carboxylic acids is 1. The van der Waals surface area contributed by atoms with Crippen LogP contribution in [0, 0.1) is 0 Å². The highest BCUT2D eigenvalue weighted by molar-refractivity contribution is 5.81. The molecule has 4 nitrogen and oxygen atoms in total. The molecule has 0 saturated carbocycles. The second-order valence-corrected chi connectivity index (χ2v) is 4.38. The molecule has 0 unspecified atom stereocenters. The molecule has 0 aromatic carbocycles. The molecular formula is C11H18N2O2. The van der Waals surface area contributed by atoms with Crippen LogP contribution in [0.25, 0.3) is 0 Å². The first-order chi connectivity index (χ1) is 6.93. The highest BCUT2D eigenvalue weighted by Crippen LogP contribution is 2.14. The summed E-state index contributed by atoms with van der Waals surface area (Å²) in [6, 6.07) is 0. The molecular weight excluding hydrogens is 192 g/mol. The smallest absolute Gasteiger partial charge is 0.140 e. The maximum atomic E-state index is 11.7. The summed E-state index contributed by atoms with van der Waals surface area (Å²) in [5, 5.41) is 4.02. The van der Waals surface area contributed by atoms with Crippen molar-refractivity contribution in [3.63, 3.8) is 0 Å². The lowest BCUT2D eigenvalue weighted by Crippen LogP contribution is -2.27. The first-order valence-electron chi connectivity index (χ1n) is 4.97. The van der Waals surface area contributed by atoms with Crippen LogP contribution in [0.1, 0.15) is 25.8 Å². The van der Waals surface area contributed by atoms with E-state index in [0.29, 0.717) is 12.8 Å². The second-order valence-electron chi connectivity index (χ2n) is 4.38. The van der Waals surface area contributed by atoms with E-state index >= 15 is 0 Å². The maximum absolute atomic E-state index is 11.7. The van der Waals surface area contributed by atoms with Gasteiger partial charge in [0.25, 0.3) is 0 Å². The van der Waals surface area contributed by atoms with Gasteiger partial charge in [-0.2, -0.15) is 5.10 Å². The molecule has 0 aliphatic heterocycles. The van der Waals surface area contributed by atoms with E-state index in [1.165, 1.54) is 0 Å². The van der Waals surface area contributed by atoms with E-state index in [1.54, 1.807) is 18.0 Å². The Kier molecular flexibility index (Phi) is 3.63. The summed E-state index contributed by atoms with van der Waals surface area (Å²) in [4.78, 5) is 11.7. The Labute approximate surface area is 90.2 Å². The molecule has 1 aromatic heterocycles. The van der Waals surface area contributed by atoms with E-state index < -0.39 is 0 Å². The van der Waals surface area contributed by atoms with Gasteiger partial charge in [-0.3, -0.25) is 9.48 Å². The fourth-order valence-corrected chi connectivity index (χ4v) is 1.40. The van der Waals surface area contributed by atoms with E-state index in [2.05, 4.69) is 5.10 Å². The topological polar surface area (TPSA) is 44.1 Å². The molecule has 0 aliphatic rings. The van der Waals surface area contributed by atoms with Crippen LogP contribution in [0.5, 0.6) is 0 Å². The van der Waals surface area contributed by atoms with E-state index in [1.807, 2.05) is 27.1 Å². The van der Waals surface area contributed by atoms with Crippen molar-refractivity contribution >= 4 is 5.78 Å². The highest BCUT2D eigenvalue weighted by atomic mass is 16.5. The number of aryl methyl sites for hydroxylation is 1. The third-order valence-corrected chi connectivity index (χ3v) is 2.34. The average molecular weight is 210 g/mol.